The first kappa shape index (κ1) is 19.1. The maximum atomic E-state index is 6.54. The Balaban J connectivity index is 1.40. The van der Waals surface area contributed by atoms with Crippen LogP contribution in [0.25, 0.3) is 0 Å². The molecule has 2 aliphatic heterocycles. The van der Waals surface area contributed by atoms with Gasteiger partial charge in [0, 0.05) is 34.5 Å². The second-order valence-electron chi connectivity index (χ2n) is 8.70. The van der Waals surface area contributed by atoms with Gasteiger partial charge in [-0.25, -0.2) is 0 Å². The van der Waals surface area contributed by atoms with Gasteiger partial charge in [-0.3, -0.25) is 0 Å². The number of para-hydroxylation sites is 3. The first-order valence-electron chi connectivity index (χ1n) is 11.6. The van der Waals surface area contributed by atoms with E-state index in [0.717, 1.165) is 28.6 Å². The van der Waals surface area contributed by atoms with Crippen LogP contribution in [0.3, 0.4) is 0 Å². The van der Waals surface area contributed by atoms with Gasteiger partial charge in [-0.1, -0.05) is 66.7 Å². The Kier molecular flexibility index (Phi) is 4.24. The van der Waals surface area contributed by atoms with E-state index in [4.69, 9.17) is 4.74 Å². The van der Waals surface area contributed by atoms with Crippen molar-refractivity contribution in [3.8, 4) is 11.5 Å². The number of anilines is 5. The van der Waals surface area contributed by atoms with Crippen molar-refractivity contribution in [2.45, 2.75) is 0 Å². The highest BCUT2D eigenvalue weighted by Gasteiger charge is 2.41. The van der Waals surface area contributed by atoms with Crippen LogP contribution < -0.4 is 31.3 Å². The molecule has 34 heavy (non-hydrogen) atoms. The van der Waals surface area contributed by atoms with Crippen molar-refractivity contribution in [2.75, 3.05) is 10.2 Å². The Morgan fingerprint density at radius 3 is 2.15 bits per heavy atom. The second-order valence-corrected chi connectivity index (χ2v) is 8.70. The molecule has 5 aromatic carbocycles. The number of ether oxygens (including phenoxy) is 1. The number of benzene rings is 5. The van der Waals surface area contributed by atoms with E-state index < -0.39 is 0 Å². The third kappa shape index (κ3) is 2.92. The fourth-order valence-corrected chi connectivity index (χ4v) is 5.25. The molecular formula is C30H21BN2O. The largest absolute Gasteiger partial charge is 0.458 e. The van der Waals surface area contributed by atoms with E-state index >= 15 is 0 Å². The number of fused-ring (bicyclic) bond motifs is 4. The second kappa shape index (κ2) is 7.56. The van der Waals surface area contributed by atoms with E-state index in [0.29, 0.717) is 0 Å². The van der Waals surface area contributed by atoms with Crippen molar-refractivity contribution in [2.24, 2.45) is 0 Å². The van der Waals surface area contributed by atoms with Gasteiger partial charge in [-0.05, 0) is 64.9 Å². The summed E-state index contributed by atoms with van der Waals surface area (Å²) in [4.78, 5) is 2.35. The van der Waals surface area contributed by atoms with Crippen molar-refractivity contribution in [1.29, 1.82) is 0 Å². The molecule has 0 aromatic heterocycles. The smallest absolute Gasteiger partial charge is 0.256 e. The summed E-state index contributed by atoms with van der Waals surface area (Å²) in [5.41, 5.74) is 9.31. The number of hydrogen-bond donors (Lipinski definition) is 1. The predicted molar refractivity (Wildman–Crippen MR) is 142 cm³/mol. The van der Waals surface area contributed by atoms with Crippen LogP contribution in [0.5, 0.6) is 11.5 Å². The van der Waals surface area contributed by atoms with Gasteiger partial charge < -0.3 is 15.0 Å². The monoisotopic (exact) mass is 436 g/mol. The van der Waals surface area contributed by atoms with Crippen LogP contribution in [0.1, 0.15) is 0 Å². The lowest BCUT2D eigenvalue weighted by molar-refractivity contribution is 0.488. The van der Waals surface area contributed by atoms with Crippen molar-refractivity contribution >= 4 is 51.5 Å². The molecule has 0 spiro atoms. The number of rotatable bonds is 3. The van der Waals surface area contributed by atoms with Crippen molar-refractivity contribution < 1.29 is 4.74 Å². The van der Waals surface area contributed by atoms with Gasteiger partial charge in [-0.15, -0.1) is 0 Å². The molecule has 0 saturated carbocycles. The fraction of sp³-hybridized carbons (Fsp3) is 0. The molecule has 0 saturated heterocycles. The lowest BCUT2D eigenvalue weighted by atomic mass is 9.34. The number of nitrogens with zero attached hydrogens (tertiary/aromatic N) is 1. The predicted octanol–water partition coefficient (Wildman–Crippen LogP) is 5.84. The summed E-state index contributed by atoms with van der Waals surface area (Å²) in [5.74, 6) is 1.82. The third-order valence-electron chi connectivity index (χ3n) is 6.68. The third-order valence-corrected chi connectivity index (χ3v) is 6.68. The first-order valence-corrected chi connectivity index (χ1v) is 11.6. The normalized spacial score (nSPS) is 12.8. The summed E-state index contributed by atoms with van der Waals surface area (Å²) >= 11 is 0. The molecule has 4 heteroatoms. The SMILES string of the molecule is c1ccc(Nc2ccc3c(c2)Oc2cccc4c2B3c2ccccc2N4c2ccccc2)cc1. The van der Waals surface area contributed by atoms with Crippen molar-refractivity contribution in [1.82, 2.24) is 0 Å². The molecule has 7 rings (SSSR count). The molecule has 0 radical (unpaired) electrons. The van der Waals surface area contributed by atoms with Gasteiger partial charge in [0.25, 0.3) is 6.71 Å². The fourth-order valence-electron chi connectivity index (χ4n) is 5.25. The van der Waals surface area contributed by atoms with Crippen LogP contribution in [0.2, 0.25) is 0 Å². The van der Waals surface area contributed by atoms with Crippen LogP contribution in [0, 0.1) is 0 Å². The minimum Gasteiger partial charge on any atom is -0.458 e. The quantitative estimate of drug-likeness (QED) is 0.353. The van der Waals surface area contributed by atoms with E-state index in [1.165, 1.54) is 27.8 Å². The average molecular weight is 436 g/mol. The maximum Gasteiger partial charge on any atom is 0.256 e. The summed E-state index contributed by atoms with van der Waals surface area (Å²) in [7, 11) is 0. The zero-order valence-electron chi connectivity index (χ0n) is 18.5. The Bertz CT molecular complexity index is 1520. The van der Waals surface area contributed by atoms with Gasteiger partial charge in [0.2, 0.25) is 0 Å². The summed E-state index contributed by atoms with van der Waals surface area (Å²) in [6.45, 7) is 0.122. The van der Waals surface area contributed by atoms with E-state index in [9.17, 15) is 0 Å². The van der Waals surface area contributed by atoms with Crippen LogP contribution in [-0.4, -0.2) is 6.71 Å². The molecule has 0 aliphatic carbocycles. The average Bonchev–Trinajstić information content (AvgIpc) is 2.89. The highest BCUT2D eigenvalue weighted by molar-refractivity contribution is 6.99. The zero-order valence-corrected chi connectivity index (χ0v) is 18.5. The number of hydrogen-bond acceptors (Lipinski definition) is 3. The van der Waals surface area contributed by atoms with Gasteiger partial charge in [0.1, 0.15) is 11.5 Å². The van der Waals surface area contributed by atoms with Gasteiger partial charge >= 0.3 is 0 Å². The lowest BCUT2D eigenvalue weighted by Crippen LogP contribution is -2.59. The van der Waals surface area contributed by atoms with E-state index in [1.807, 2.05) is 18.2 Å². The molecular weight excluding hydrogens is 415 g/mol. The summed E-state index contributed by atoms with van der Waals surface area (Å²) < 4.78 is 6.54. The maximum absolute atomic E-state index is 6.54. The Hall–Kier alpha value is -4.44. The molecule has 1 N–H and O–H groups in total. The van der Waals surface area contributed by atoms with Crippen LogP contribution in [0.15, 0.2) is 121 Å². The van der Waals surface area contributed by atoms with Gasteiger partial charge in [0.15, 0.2) is 0 Å². The van der Waals surface area contributed by atoms with E-state index in [2.05, 4.69) is 113 Å². The topological polar surface area (TPSA) is 24.5 Å². The molecule has 0 fully saturated rings. The first-order chi connectivity index (χ1) is 16.9. The molecule has 0 amide bonds. The molecule has 160 valence electrons. The van der Waals surface area contributed by atoms with Crippen LogP contribution in [-0.2, 0) is 0 Å². The Morgan fingerprint density at radius 2 is 1.29 bits per heavy atom. The minimum atomic E-state index is 0.122. The Labute approximate surface area is 199 Å². The van der Waals surface area contributed by atoms with Crippen molar-refractivity contribution in [3.63, 3.8) is 0 Å². The molecule has 5 aromatic rings. The lowest BCUT2D eigenvalue weighted by Gasteiger charge is -2.39. The standard InChI is InChI=1S/C30H21BN2O/c1-3-10-21(11-4-1)32-22-18-19-25-29(20-22)34-28-17-9-16-27-30(28)31(25)24-14-7-8-15-26(24)33(27)23-12-5-2-6-13-23/h1-20,32H. The molecule has 2 aliphatic rings. The minimum absolute atomic E-state index is 0.122. The zero-order chi connectivity index (χ0) is 22.5. The van der Waals surface area contributed by atoms with Crippen LogP contribution in [0.4, 0.5) is 28.4 Å². The molecule has 0 bridgehead atoms. The highest BCUT2D eigenvalue weighted by Crippen LogP contribution is 2.40. The molecule has 3 nitrogen and oxygen atoms in total. The van der Waals surface area contributed by atoms with Crippen molar-refractivity contribution in [3.05, 3.63) is 121 Å². The molecule has 0 atom stereocenters. The summed E-state index contributed by atoms with van der Waals surface area (Å²) in [6.07, 6.45) is 0. The molecule has 0 unspecified atom stereocenters. The van der Waals surface area contributed by atoms with E-state index in [-0.39, 0.29) is 6.71 Å². The number of nitrogens with one attached hydrogen (secondary N) is 1. The summed E-state index contributed by atoms with van der Waals surface area (Å²) in [6, 6.07) is 42.4. The summed E-state index contributed by atoms with van der Waals surface area (Å²) in [5, 5.41) is 3.50. The molecule has 2 heterocycles. The van der Waals surface area contributed by atoms with Gasteiger partial charge in [-0.2, -0.15) is 0 Å². The van der Waals surface area contributed by atoms with Crippen LogP contribution >= 0.6 is 0 Å². The van der Waals surface area contributed by atoms with E-state index in [1.54, 1.807) is 0 Å². The van der Waals surface area contributed by atoms with Gasteiger partial charge in [0.05, 0.1) is 0 Å². The highest BCUT2D eigenvalue weighted by atomic mass is 16.5. The Morgan fingerprint density at radius 1 is 0.559 bits per heavy atom.